The lowest BCUT2D eigenvalue weighted by atomic mass is 9.76. The first-order valence-corrected chi connectivity index (χ1v) is 8.24. The van der Waals surface area contributed by atoms with E-state index in [0.717, 1.165) is 12.1 Å². The van der Waals surface area contributed by atoms with E-state index in [1.165, 1.54) is 12.1 Å². The van der Waals surface area contributed by atoms with E-state index < -0.39 is 10.8 Å². The van der Waals surface area contributed by atoms with Gasteiger partial charge in [0.25, 0.3) is 5.69 Å². The summed E-state index contributed by atoms with van der Waals surface area (Å²) in [6.45, 7) is 0. The predicted molar refractivity (Wildman–Crippen MR) is 94.1 cm³/mol. The van der Waals surface area contributed by atoms with Crippen LogP contribution in [-0.2, 0) is 4.79 Å². The fraction of sp³-hybridized carbons (Fsp3) is 0.333. The molecule has 1 heterocycles. The van der Waals surface area contributed by atoms with E-state index in [0.29, 0.717) is 24.0 Å². The molecule has 0 saturated carbocycles. The van der Waals surface area contributed by atoms with Crippen molar-refractivity contribution in [1.82, 2.24) is 10.0 Å². The molecule has 0 bridgehead atoms. The number of carbonyl (C=O) groups is 1. The average Bonchev–Trinajstić information content (AvgIpc) is 2.60. The average molecular weight is 353 g/mol. The molecule has 1 aromatic rings. The molecule has 134 valence electrons. The summed E-state index contributed by atoms with van der Waals surface area (Å²) in [6, 6.07) is 8.08. The van der Waals surface area contributed by atoms with Crippen LogP contribution in [0, 0.1) is 21.4 Å². The predicted octanol–water partition coefficient (Wildman–Crippen LogP) is 2.17. The number of ketones is 1. The first-order valence-electron chi connectivity index (χ1n) is 8.24. The van der Waals surface area contributed by atoms with Crippen molar-refractivity contribution in [2.75, 3.05) is 14.1 Å². The number of allylic oxidation sites excluding steroid dienone is 3. The number of nitro groups is 1. The minimum absolute atomic E-state index is 0.0123. The van der Waals surface area contributed by atoms with Gasteiger partial charge in [-0.05, 0) is 18.4 Å². The SMILES string of the molecule is CN(C)N1C(N)=C(C#N)C(c2ccc([N+](=O)[O-])cc2)C2=C1CCCC2=O. The number of nitrogens with two attached hydrogens (primary N) is 1. The fourth-order valence-electron chi connectivity index (χ4n) is 3.65. The van der Waals surface area contributed by atoms with Crippen LogP contribution in [0.4, 0.5) is 5.69 Å². The standard InChI is InChI=1S/C18H19N5O3/c1-21(2)22-14-4-3-5-15(24)17(14)16(13(10-19)18(22)20)11-6-8-12(9-7-11)23(25)26/h6-9,16H,3-5,20H2,1-2H3. The van der Waals surface area contributed by atoms with Gasteiger partial charge in [0.15, 0.2) is 5.78 Å². The lowest BCUT2D eigenvalue weighted by Gasteiger charge is -2.42. The van der Waals surface area contributed by atoms with E-state index in [1.54, 1.807) is 36.2 Å². The van der Waals surface area contributed by atoms with Crippen molar-refractivity contribution >= 4 is 11.5 Å². The van der Waals surface area contributed by atoms with Crippen LogP contribution in [0.25, 0.3) is 0 Å². The zero-order valence-electron chi connectivity index (χ0n) is 14.6. The molecule has 2 aliphatic rings. The van der Waals surface area contributed by atoms with Crippen molar-refractivity contribution in [2.24, 2.45) is 5.73 Å². The zero-order chi connectivity index (χ0) is 19.0. The van der Waals surface area contributed by atoms with E-state index in [1.807, 2.05) is 0 Å². The second-order valence-corrected chi connectivity index (χ2v) is 6.49. The maximum absolute atomic E-state index is 12.7. The highest BCUT2D eigenvalue weighted by atomic mass is 16.6. The summed E-state index contributed by atoms with van der Waals surface area (Å²) in [5.41, 5.74) is 8.52. The van der Waals surface area contributed by atoms with Gasteiger partial charge in [-0.25, -0.2) is 5.01 Å². The highest BCUT2D eigenvalue weighted by Gasteiger charge is 2.40. The van der Waals surface area contributed by atoms with Crippen LogP contribution < -0.4 is 5.73 Å². The van der Waals surface area contributed by atoms with Crippen molar-refractivity contribution in [3.05, 3.63) is 62.6 Å². The van der Waals surface area contributed by atoms with Crippen molar-refractivity contribution in [1.29, 1.82) is 5.26 Å². The van der Waals surface area contributed by atoms with Crippen LogP contribution in [-0.4, -0.2) is 34.8 Å². The molecule has 1 aromatic carbocycles. The maximum Gasteiger partial charge on any atom is 0.269 e. The molecule has 1 aliphatic heterocycles. The van der Waals surface area contributed by atoms with Gasteiger partial charge in [-0.1, -0.05) is 12.1 Å². The number of nitriles is 1. The number of Topliss-reactive ketones (excluding diaryl/α,β-unsaturated/α-hetero) is 1. The molecule has 1 unspecified atom stereocenters. The lowest BCUT2D eigenvalue weighted by molar-refractivity contribution is -0.384. The largest absolute Gasteiger partial charge is 0.383 e. The fourth-order valence-corrected chi connectivity index (χ4v) is 3.65. The Labute approximate surface area is 150 Å². The quantitative estimate of drug-likeness (QED) is 0.654. The summed E-state index contributed by atoms with van der Waals surface area (Å²) in [6.07, 6.45) is 1.83. The molecule has 1 atom stereocenters. The summed E-state index contributed by atoms with van der Waals surface area (Å²) in [7, 11) is 3.61. The first kappa shape index (κ1) is 17.6. The molecule has 8 nitrogen and oxygen atoms in total. The Morgan fingerprint density at radius 2 is 1.96 bits per heavy atom. The number of nitro benzene ring substituents is 1. The van der Waals surface area contributed by atoms with Gasteiger partial charge in [0.2, 0.25) is 0 Å². The van der Waals surface area contributed by atoms with Crippen molar-refractivity contribution in [3.63, 3.8) is 0 Å². The highest BCUT2D eigenvalue weighted by molar-refractivity contribution is 5.99. The Hall–Kier alpha value is -3.18. The van der Waals surface area contributed by atoms with Gasteiger partial charge in [0, 0.05) is 43.9 Å². The molecular formula is C18H19N5O3. The summed E-state index contributed by atoms with van der Waals surface area (Å²) < 4.78 is 0. The van der Waals surface area contributed by atoms with Gasteiger partial charge < -0.3 is 5.73 Å². The number of non-ortho nitro benzene ring substituents is 1. The van der Waals surface area contributed by atoms with Crippen LogP contribution in [0.5, 0.6) is 0 Å². The van der Waals surface area contributed by atoms with Crippen LogP contribution in [0.1, 0.15) is 30.7 Å². The van der Waals surface area contributed by atoms with Crippen molar-refractivity contribution < 1.29 is 9.72 Å². The summed E-state index contributed by atoms with van der Waals surface area (Å²) in [4.78, 5) is 23.2. The Bertz CT molecular complexity index is 877. The number of nitrogens with zero attached hydrogens (tertiary/aromatic N) is 4. The number of hydrazine groups is 1. The lowest BCUT2D eigenvalue weighted by Crippen LogP contribution is -2.45. The Balaban J connectivity index is 2.21. The second kappa shape index (κ2) is 6.61. The number of carbonyl (C=O) groups excluding carboxylic acids is 1. The first-order chi connectivity index (χ1) is 12.4. The van der Waals surface area contributed by atoms with Gasteiger partial charge in [-0.2, -0.15) is 5.26 Å². The number of hydrogen-bond acceptors (Lipinski definition) is 7. The molecule has 26 heavy (non-hydrogen) atoms. The molecular weight excluding hydrogens is 334 g/mol. The smallest absolute Gasteiger partial charge is 0.269 e. The molecule has 2 N–H and O–H groups in total. The summed E-state index contributed by atoms with van der Waals surface area (Å²) >= 11 is 0. The number of rotatable bonds is 3. The Morgan fingerprint density at radius 1 is 1.31 bits per heavy atom. The zero-order valence-corrected chi connectivity index (χ0v) is 14.6. The topological polar surface area (TPSA) is 116 Å². The molecule has 0 aromatic heterocycles. The number of hydrogen-bond donors (Lipinski definition) is 1. The van der Waals surface area contributed by atoms with Gasteiger partial charge >= 0.3 is 0 Å². The highest BCUT2D eigenvalue weighted by Crippen LogP contribution is 2.44. The van der Waals surface area contributed by atoms with E-state index in [9.17, 15) is 20.2 Å². The van der Waals surface area contributed by atoms with Crippen LogP contribution in [0.2, 0.25) is 0 Å². The molecule has 0 radical (unpaired) electrons. The van der Waals surface area contributed by atoms with Crippen LogP contribution in [0.3, 0.4) is 0 Å². The van der Waals surface area contributed by atoms with E-state index >= 15 is 0 Å². The number of benzene rings is 1. The minimum Gasteiger partial charge on any atom is -0.383 e. The molecule has 0 spiro atoms. The molecule has 3 rings (SSSR count). The third-order valence-corrected chi connectivity index (χ3v) is 4.72. The normalized spacial score (nSPS) is 20.3. The molecule has 0 amide bonds. The Morgan fingerprint density at radius 3 is 2.50 bits per heavy atom. The molecule has 0 fully saturated rings. The summed E-state index contributed by atoms with van der Waals surface area (Å²) in [5.74, 6) is -0.323. The van der Waals surface area contributed by atoms with E-state index in [2.05, 4.69) is 6.07 Å². The van der Waals surface area contributed by atoms with Crippen LogP contribution in [0.15, 0.2) is 46.9 Å². The van der Waals surface area contributed by atoms with Gasteiger partial charge in [-0.3, -0.25) is 19.9 Å². The van der Waals surface area contributed by atoms with E-state index in [-0.39, 0.29) is 22.9 Å². The van der Waals surface area contributed by atoms with Gasteiger partial charge in [0.1, 0.15) is 5.82 Å². The third-order valence-electron chi connectivity index (χ3n) is 4.72. The van der Waals surface area contributed by atoms with Crippen molar-refractivity contribution in [2.45, 2.75) is 25.2 Å². The molecule has 1 aliphatic carbocycles. The molecule has 8 heteroatoms. The van der Waals surface area contributed by atoms with Gasteiger partial charge in [-0.15, -0.1) is 0 Å². The van der Waals surface area contributed by atoms with Crippen molar-refractivity contribution in [3.8, 4) is 6.07 Å². The summed E-state index contributed by atoms with van der Waals surface area (Å²) in [5, 5.41) is 24.1. The second-order valence-electron chi connectivity index (χ2n) is 6.49. The third kappa shape index (κ3) is 2.72. The van der Waals surface area contributed by atoms with Crippen LogP contribution >= 0.6 is 0 Å². The van der Waals surface area contributed by atoms with E-state index in [4.69, 9.17) is 5.73 Å². The Kier molecular flexibility index (Phi) is 4.49. The monoisotopic (exact) mass is 353 g/mol. The maximum atomic E-state index is 12.7. The van der Waals surface area contributed by atoms with Gasteiger partial charge in [0.05, 0.1) is 22.5 Å². The minimum atomic E-state index is -0.597. The molecule has 0 saturated heterocycles.